The molecule has 1 aromatic carbocycles. The lowest BCUT2D eigenvalue weighted by molar-refractivity contribution is 0.0945. The zero-order valence-electron chi connectivity index (χ0n) is 16.5. The van der Waals surface area contributed by atoms with Crippen LogP contribution >= 0.6 is 0 Å². The second-order valence-corrected chi connectivity index (χ2v) is 7.24. The van der Waals surface area contributed by atoms with Crippen LogP contribution in [-0.2, 0) is 0 Å². The molecule has 1 aliphatic heterocycles. The number of nitrogens with zero attached hydrogens (tertiary/aromatic N) is 3. The molecular formula is C22H25N5O2. The van der Waals surface area contributed by atoms with Crippen molar-refractivity contribution in [1.82, 2.24) is 20.5 Å². The zero-order chi connectivity index (χ0) is 20.1. The van der Waals surface area contributed by atoms with Gasteiger partial charge in [0.1, 0.15) is 5.75 Å². The van der Waals surface area contributed by atoms with Crippen molar-refractivity contribution in [1.29, 1.82) is 0 Å². The van der Waals surface area contributed by atoms with Crippen molar-refractivity contribution in [2.45, 2.75) is 12.8 Å². The number of benzene rings is 1. The highest BCUT2D eigenvalue weighted by Gasteiger charge is 2.22. The normalized spacial score (nSPS) is 14.6. The van der Waals surface area contributed by atoms with Gasteiger partial charge in [0, 0.05) is 49.2 Å². The van der Waals surface area contributed by atoms with Crippen molar-refractivity contribution in [2.75, 3.05) is 31.6 Å². The summed E-state index contributed by atoms with van der Waals surface area (Å²) in [5.74, 6) is 2.16. The summed E-state index contributed by atoms with van der Waals surface area (Å²) in [4.78, 5) is 18.7. The van der Waals surface area contributed by atoms with Gasteiger partial charge in [-0.3, -0.25) is 14.9 Å². The molecule has 3 aromatic rings. The van der Waals surface area contributed by atoms with E-state index in [0.29, 0.717) is 18.0 Å². The number of aromatic amines is 1. The van der Waals surface area contributed by atoms with E-state index in [9.17, 15) is 4.79 Å². The van der Waals surface area contributed by atoms with Gasteiger partial charge >= 0.3 is 0 Å². The number of H-pyrrole nitrogens is 1. The summed E-state index contributed by atoms with van der Waals surface area (Å²) in [6, 6.07) is 13.2. The summed E-state index contributed by atoms with van der Waals surface area (Å²) in [5, 5.41) is 10.6. The third-order valence-electron chi connectivity index (χ3n) is 5.40. The first-order valence-electron chi connectivity index (χ1n) is 9.86. The molecular weight excluding hydrogens is 366 g/mol. The molecule has 1 aliphatic rings. The van der Waals surface area contributed by atoms with Gasteiger partial charge in [0.25, 0.3) is 5.91 Å². The SMILES string of the molecule is COc1ccc(C(=O)NCC2CCN(c3cc(-c4ccncc4)[nH]n3)CC2)cc1. The number of methoxy groups -OCH3 is 1. The number of carbonyl (C=O) groups is 1. The molecule has 2 N–H and O–H groups in total. The number of pyridine rings is 1. The summed E-state index contributed by atoms with van der Waals surface area (Å²) in [6.45, 7) is 2.56. The third kappa shape index (κ3) is 4.56. The summed E-state index contributed by atoms with van der Waals surface area (Å²) >= 11 is 0. The largest absolute Gasteiger partial charge is 0.497 e. The number of amides is 1. The molecule has 4 rings (SSSR count). The fourth-order valence-corrected chi connectivity index (χ4v) is 3.60. The molecule has 1 amide bonds. The molecule has 150 valence electrons. The lowest BCUT2D eigenvalue weighted by Crippen LogP contribution is -2.38. The van der Waals surface area contributed by atoms with E-state index in [0.717, 1.165) is 48.8 Å². The van der Waals surface area contributed by atoms with E-state index in [1.807, 2.05) is 12.1 Å². The standard InChI is InChI=1S/C22H25N5O2/c1-29-19-4-2-18(3-5-19)22(28)24-15-16-8-12-27(13-9-16)21-14-20(25-26-21)17-6-10-23-11-7-17/h2-7,10-11,14,16H,8-9,12-13,15H2,1H3,(H,24,28)(H,25,26). The maximum absolute atomic E-state index is 12.3. The topological polar surface area (TPSA) is 83.1 Å². The Bertz CT molecular complexity index is 931. The number of anilines is 1. The molecule has 0 unspecified atom stereocenters. The molecule has 1 fully saturated rings. The first-order chi connectivity index (χ1) is 14.2. The molecule has 2 aromatic heterocycles. The van der Waals surface area contributed by atoms with E-state index in [1.165, 1.54) is 0 Å². The molecule has 7 heteroatoms. The second-order valence-electron chi connectivity index (χ2n) is 7.24. The highest BCUT2D eigenvalue weighted by Crippen LogP contribution is 2.25. The molecule has 29 heavy (non-hydrogen) atoms. The molecule has 0 bridgehead atoms. The van der Waals surface area contributed by atoms with E-state index < -0.39 is 0 Å². The van der Waals surface area contributed by atoms with Crippen LogP contribution < -0.4 is 15.0 Å². The predicted molar refractivity (Wildman–Crippen MR) is 112 cm³/mol. The number of hydrogen-bond donors (Lipinski definition) is 2. The third-order valence-corrected chi connectivity index (χ3v) is 5.40. The minimum Gasteiger partial charge on any atom is -0.497 e. The van der Waals surface area contributed by atoms with E-state index in [-0.39, 0.29) is 5.91 Å². The zero-order valence-corrected chi connectivity index (χ0v) is 16.5. The van der Waals surface area contributed by atoms with Crippen LogP contribution in [0.25, 0.3) is 11.3 Å². The van der Waals surface area contributed by atoms with Crippen molar-refractivity contribution in [2.24, 2.45) is 5.92 Å². The van der Waals surface area contributed by atoms with Crippen LogP contribution in [0.5, 0.6) is 5.75 Å². The van der Waals surface area contributed by atoms with Gasteiger partial charge in [-0.2, -0.15) is 5.10 Å². The van der Waals surface area contributed by atoms with Gasteiger partial charge in [0.2, 0.25) is 0 Å². The van der Waals surface area contributed by atoms with Crippen molar-refractivity contribution < 1.29 is 9.53 Å². The van der Waals surface area contributed by atoms with Crippen LogP contribution in [0, 0.1) is 5.92 Å². The van der Waals surface area contributed by atoms with E-state index in [2.05, 4.69) is 31.5 Å². The summed E-state index contributed by atoms with van der Waals surface area (Å²) in [6.07, 6.45) is 5.61. The fourth-order valence-electron chi connectivity index (χ4n) is 3.60. The maximum Gasteiger partial charge on any atom is 0.251 e. The molecule has 7 nitrogen and oxygen atoms in total. The Labute approximate surface area is 170 Å². The van der Waals surface area contributed by atoms with Crippen LogP contribution in [-0.4, -0.2) is 47.8 Å². The van der Waals surface area contributed by atoms with E-state index in [4.69, 9.17) is 4.74 Å². The van der Waals surface area contributed by atoms with Crippen molar-refractivity contribution in [3.8, 4) is 17.0 Å². The van der Waals surface area contributed by atoms with Gasteiger partial charge < -0.3 is 15.0 Å². The number of rotatable bonds is 6. The van der Waals surface area contributed by atoms with Gasteiger partial charge in [-0.15, -0.1) is 0 Å². The van der Waals surface area contributed by atoms with Gasteiger partial charge in [-0.25, -0.2) is 0 Å². The Hall–Kier alpha value is -3.35. The molecule has 0 aliphatic carbocycles. The Kier molecular flexibility index (Phi) is 5.74. The first-order valence-corrected chi connectivity index (χ1v) is 9.86. The van der Waals surface area contributed by atoms with Gasteiger partial charge in [-0.1, -0.05) is 0 Å². The highest BCUT2D eigenvalue weighted by molar-refractivity contribution is 5.94. The van der Waals surface area contributed by atoms with Gasteiger partial charge in [-0.05, 0) is 55.2 Å². The van der Waals surface area contributed by atoms with Crippen molar-refractivity contribution in [3.05, 3.63) is 60.4 Å². The monoisotopic (exact) mass is 391 g/mol. The Balaban J connectivity index is 1.26. The first kappa shape index (κ1) is 19.0. The predicted octanol–water partition coefficient (Wildman–Crippen LogP) is 3.13. The average molecular weight is 391 g/mol. The molecule has 0 radical (unpaired) electrons. The summed E-state index contributed by atoms with van der Waals surface area (Å²) in [7, 11) is 1.62. The Morgan fingerprint density at radius 2 is 1.90 bits per heavy atom. The van der Waals surface area contributed by atoms with E-state index >= 15 is 0 Å². The minimum atomic E-state index is -0.0376. The fraction of sp³-hybridized carbons (Fsp3) is 0.318. The van der Waals surface area contributed by atoms with Crippen molar-refractivity contribution >= 4 is 11.7 Å². The number of ether oxygens (including phenoxy) is 1. The van der Waals surface area contributed by atoms with Crippen LogP contribution in [0.4, 0.5) is 5.82 Å². The number of hydrogen-bond acceptors (Lipinski definition) is 5. The van der Waals surface area contributed by atoms with E-state index in [1.54, 1.807) is 43.8 Å². The van der Waals surface area contributed by atoms with Crippen molar-refractivity contribution in [3.63, 3.8) is 0 Å². The minimum absolute atomic E-state index is 0.0376. The summed E-state index contributed by atoms with van der Waals surface area (Å²) in [5.41, 5.74) is 2.73. The van der Waals surface area contributed by atoms with Crippen LogP contribution in [0.1, 0.15) is 23.2 Å². The quantitative estimate of drug-likeness (QED) is 0.675. The number of aromatic nitrogens is 3. The Morgan fingerprint density at radius 1 is 1.17 bits per heavy atom. The molecule has 0 atom stereocenters. The number of piperidine rings is 1. The second kappa shape index (κ2) is 8.77. The summed E-state index contributed by atoms with van der Waals surface area (Å²) < 4.78 is 5.13. The number of nitrogens with one attached hydrogen (secondary N) is 2. The van der Waals surface area contributed by atoms with Crippen LogP contribution in [0.15, 0.2) is 54.9 Å². The number of carbonyl (C=O) groups excluding carboxylic acids is 1. The van der Waals surface area contributed by atoms with Gasteiger partial charge in [0.15, 0.2) is 5.82 Å². The molecule has 0 spiro atoms. The average Bonchev–Trinajstić information content (AvgIpc) is 3.29. The molecule has 3 heterocycles. The van der Waals surface area contributed by atoms with Crippen LogP contribution in [0.2, 0.25) is 0 Å². The molecule has 1 saturated heterocycles. The smallest absolute Gasteiger partial charge is 0.251 e. The Morgan fingerprint density at radius 3 is 2.59 bits per heavy atom. The lowest BCUT2D eigenvalue weighted by Gasteiger charge is -2.32. The van der Waals surface area contributed by atoms with Gasteiger partial charge in [0.05, 0.1) is 12.8 Å². The lowest BCUT2D eigenvalue weighted by atomic mass is 9.96. The van der Waals surface area contributed by atoms with Crippen LogP contribution in [0.3, 0.4) is 0 Å². The highest BCUT2D eigenvalue weighted by atomic mass is 16.5. The maximum atomic E-state index is 12.3. The molecule has 0 saturated carbocycles.